The number of thiazole rings is 1. The van der Waals surface area contributed by atoms with Crippen LogP contribution < -0.4 is 24.3 Å². The number of aryl methyl sites for hydroxylation is 1. The smallest absolute Gasteiger partial charge is 0.270 e. The Morgan fingerprint density at radius 1 is 0.974 bits per heavy atom. The molecule has 0 saturated carbocycles. The van der Waals surface area contributed by atoms with Gasteiger partial charge >= 0.3 is 0 Å². The Bertz CT molecular complexity index is 1510. The lowest BCUT2D eigenvalue weighted by atomic mass is 10.1. The summed E-state index contributed by atoms with van der Waals surface area (Å²) in [5.74, 6) is 1.79. The van der Waals surface area contributed by atoms with E-state index < -0.39 is 10.8 Å². The fourth-order valence-corrected chi connectivity index (χ4v) is 4.56. The van der Waals surface area contributed by atoms with Crippen molar-refractivity contribution in [2.45, 2.75) is 6.92 Å². The molecule has 0 spiro atoms. The van der Waals surface area contributed by atoms with Crippen molar-refractivity contribution in [3.8, 4) is 23.0 Å². The number of benzene rings is 3. The number of hydrogen-bond acceptors (Lipinski definition) is 9. The predicted octanol–water partition coefficient (Wildman–Crippen LogP) is 5.73. The Kier molecular flexibility index (Phi) is 8.07. The maximum Gasteiger partial charge on any atom is 0.270 e. The topological polar surface area (TPSA) is 122 Å². The van der Waals surface area contributed by atoms with Crippen molar-refractivity contribution in [3.63, 3.8) is 0 Å². The van der Waals surface area contributed by atoms with Gasteiger partial charge in [0.25, 0.3) is 11.6 Å². The molecule has 0 aliphatic rings. The van der Waals surface area contributed by atoms with E-state index >= 15 is 0 Å². The van der Waals surface area contributed by atoms with E-state index in [1.807, 2.05) is 49.4 Å². The predicted molar refractivity (Wildman–Crippen MR) is 147 cm³/mol. The second kappa shape index (κ2) is 11.6. The molecule has 1 amide bonds. The Hall–Kier alpha value is -4.64. The molecule has 1 heterocycles. The Labute approximate surface area is 222 Å². The van der Waals surface area contributed by atoms with Crippen LogP contribution in [0.15, 0.2) is 48.5 Å². The first-order valence-electron chi connectivity index (χ1n) is 11.4. The molecule has 196 valence electrons. The number of methoxy groups -OCH3 is 3. The number of anilines is 1. The van der Waals surface area contributed by atoms with Gasteiger partial charge in [0.1, 0.15) is 5.75 Å². The molecule has 11 heteroatoms. The van der Waals surface area contributed by atoms with Gasteiger partial charge in [-0.1, -0.05) is 35.6 Å². The summed E-state index contributed by atoms with van der Waals surface area (Å²) in [6, 6.07) is 13.7. The molecular formula is C27H25N3O7S. The highest BCUT2D eigenvalue weighted by molar-refractivity contribution is 7.22. The third-order valence-corrected chi connectivity index (χ3v) is 6.49. The van der Waals surface area contributed by atoms with Crippen molar-refractivity contribution in [1.29, 1.82) is 0 Å². The maximum atomic E-state index is 12.5. The second-order valence-electron chi connectivity index (χ2n) is 8.08. The first kappa shape index (κ1) is 26.4. The normalized spacial score (nSPS) is 10.9. The van der Waals surface area contributed by atoms with Crippen LogP contribution in [0, 0.1) is 17.0 Å². The molecule has 1 N–H and O–H groups in total. The SMILES string of the molecule is COc1cc(/C=C\c2ccc(C)c(OCC(=O)Nc3nc4ccc([N+](=O)[O-])cc4s3)c2)cc(OC)c1OC. The van der Waals surface area contributed by atoms with Crippen molar-refractivity contribution >= 4 is 50.4 Å². The number of fused-ring (bicyclic) bond motifs is 1. The van der Waals surface area contributed by atoms with Gasteiger partial charge in [0.2, 0.25) is 5.75 Å². The lowest BCUT2D eigenvalue weighted by Crippen LogP contribution is -2.20. The first-order valence-corrected chi connectivity index (χ1v) is 12.2. The van der Waals surface area contributed by atoms with Crippen LogP contribution in [0.4, 0.5) is 10.8 Å². The molecule has 4 aromatic rings. The molecule has 0 radical (unpaired) electrons. The molecule has 0 aliphatic carbocycles. The minimum Gasteiger partial charge on any atom is -0.493 e. The van der Waals surface area contributed by atoms with Crippen LogP contribution in [0.3, 0.4) is 0 Å². The molecule has 4 rings (SSSR count). The van der Waals surface area contributed by atoms with E-state index in [-0.39, 0.29) is 12.3 Å². The van der Waals surface area contributed by atoms with Gasteiger partial charge in [0.05, 0.1) is 36.5 Å². The average molecular weight is 536 g/mol. The lowest BCUT2D eigenvalue weighted by Gasteiger charge is -2.13. The monoisotopic (exact) mass is 535 g/mol. The third-order valence-electron chi connectivity index (χ3n) is 5.56. The van der Waals surface area contributed by atoms with E-state index in [0.717, 1.165) is 28.0 Å². The molecule has 38 heavy (non-hydrogen) atoms. The number of hydrogen-bond donors (Lipinski definition) is 1. The minimum absolute atomic E-state index is 0.0305. The number of nitro benzene ring substituents is 1. The van der Waals surface area contributed by atoms with Crippen molar-refractivity contribution in [1.82, 2.24) is 4.98 Å². The average Bonchev–Trinajstić information content (AvgIpc) is 3.32. The number of non-ortho nitro benzene ring substituents is 1. The van der Waals surface area contributed by atoms with Gasteiger partial charge in [0, 0.05) is 12.1 Å². The van der Waals surface area contributed by atoms with E-state index in [2.05, 4.69) is 10.3 Å². The number of nitrogens with one attached hydrogen (secondary N) is 1. The zero-order valence-corrected chi connectivity index (χ0v) is 22.0. The highest BCUT2D eigenvalue weighted by Gasteiger charge is 2.14. The van der Waals surface area contributed by atoms with E-state index in [1.54, 1.807) is 27.4 Å². The Morgan fingerprint density at radius 3 is 2.32 bits per heavy atom. The summed E-state index contributed by atoms with van der Waals surface area (Å²) >= 11 is 1.16. The van der Waals surface area contributed by atoms with Crippen molar-refractivity contribution in [2.75, 3.05) is 33.3 Å². The van der Waals surface area contributed by atoms with Crippen LogP contribution in [0.5, 0.6) is 23.0 Å². The van der Waals surface area contributed by atoms with E-state index in [1.165, 1.54) is 12.1 Å². The molecule has 0 unspecified atom stereocenters. The molecular weight excluding hydrogens is 510 g/mol. The highest BCUT2D eigenvalue weighted by Crippen LogP contribution is 2.38. The summed E-state index contributed by atoms with van der Waals surface area (Å²) in [4.78, 5) is 27.3. The number of nitro groups is 1. The number of aromatic nitrogens is 1. The number of nitrogens with zero attached hydrogens (tertiary/aromatic N) is 2. The molecule has 0 saturated heterocycles. The second-order valence-corrected chi connectivity index (χ2v) is 9.11. The fraction of sp³-hybridized carbons (Fsp3) is 0.185. The van der Waals surface area contributed by atoms with Gasteiger partial charge in [0.15, 0.2) is 23.2 Å². The zero-order chi connectivity index (χ0) is 27.2. The minimum atomic E-state index is -0.471. The molecule has 10 nitrogen and oxygen atoms in total. The summed E-state index contributed by atoms with van der Waals surface area (Å²) in [7, 11) is 4.68. The largest absolute Gasteiger partial charge is 0.493 e. The van der Waals surface area contributed by atoms with Crippen LogP contribution in [-0.4, -0.2) is 43.8 Å². The van der Waals surface area contributed by atoms with Crippen LogP contribution in [-0.2, 0) is 4.79 Å². The van der Waals surface area contributed by atoms with Crippen molar-refractivity contribution in [2.24, 2.45) is 0 Å². The van der Waals surface area contributed by atoms with Crippen LogP contribution in [0.25, 0.3) is 22.4 Å². The maximum absolute atomic E-state index is 12.5. The zero-order valence-electron chi connectivity index (χ0n) is 21.1. The fourth-order valence-electron chi connectivity index (χ4n) is 3.64. The number of carbonyl (C=O) groups is 1. The quantitative estimate of drug-likeness (QED) is 0.155. The number of rotatable bonds is 10. The van der Waals surface area contributed by atoms with Crippen molar-refractivity contribution in [3.05, 3.63) is 75.3 Å². The molecule has 0 bridgehead atoms. The summed E-state index contributed by atoms with van der Waals surface area (Å²) in [6.45, 7) is 1.66. The van der Waals surface area contributed by atoms with E-state index in [9.17, 15) is 14.9 Å². The number of amides is 1. The van der Waals surface area contributed by atoms with Gasteiger partial charge in [-0.05, 0) is 47.9 Å². The van der Waals surface area contributed by atoms with E-state index in [0.29, 0.717) is 38.3 Å². The first-order chi connectivity index (χ1) is 18.3. The highest BCUT2D eigenvalue weighted by atomic mass is 32.1. The van der Waals surface area contributed by atoms with Crippen LogP contribution >= 0.6 is 11.3 Å². The Balaban J connectivity index is 1.43. The van der Waals surface area contributed by atoms with Crippen LogP contribution in [0.1, 0.15) is 16.7 Å². The summed E-state index contributed by atoms with van der Waals surface area (Å²) < 4.78 is 22.6. The molecule has 0 aliphatic heterocycles. The summed E-state index contributed by atoms with van der Waals surface area (Å²) in [6.07, 6.45) is 3.82. The van der Waals surface area contributed by atoms with Crippen LogP contribution in [0.2, 0.25) is 0 Å². The Morgan fingerprint density at radius 2 is 1.66 bits per heavy atom. The summed E-state index contributed by atoms with van der Waals surface area (Å²) in [5.41, 5.74) is 3.13. The van der Waals surface area contributed by atoms with Gasteiger partial charge in [-0.2, -0.15) is 0 Å². The number of ether oxygens (including phenoxy) is 4. The molecule has 1 aromatic heterocycles. The summed E-state index contributed by atoms with van der Waals surface area (Å²) in [5, 5.41) is 14.0. The lowest BCUT2D eigenvalue weighted by molar-refractivity contribution is -0.384. The van der Waals surface area contributed by atoms with Gasteiger partial charge in [-0.25, -0.2) is 4.98 Å². The van der Waals surface area contributed by atoms with Crippen molar-refractivity contribution < 1.29 is 28.7 Å². The molecule has 3 aromatic carbocycles. The molecule has 0 atom stereocenters. The third kappa shape index (κ3) is 6.01. The van der Waals surface area contributed by atoms with Gasteiger partial charge < -0.3 is 18.9 Å². The van der Waals surface area contributed by atoms with Gasteiger partial charge in [-0.15, -0.1) is 0 Å². The standard InChI is InChI=1S/C27H25N3O7S/c1-16-5-6-17(7-8-18-12-22(34-2)26(36-4)23(13-18)35-3)11-21(16)37-15-25(31)29-27-28-20-10-9-19(30(32)33)14-24(20)38-27/h5-14H,15H2,1-4H3,(H,28,29,31)/b8-7-. The van der Waals surface area contributed by atoms with Gasteiger partial charge in [-0.3, -0.25) is 20.2 Å². The molecule has 0 fully saturated rings. The van der Waals surface area contributed by atoms with E-state index in [4.69, 9.17) is 18.9 Å². The number of carbonyl (C=O) groups excluding carboxylic acids is 1.